The van der Waals surface area contributed by atoms with Gasteiger partial charge in [0, 0.05) is 6.08 Å². The maximum absolute atomic E-state index is 10.4. The van der Waals surface area contributed by atoms with Crippen molar-refractivity contribution in [1.82, 2.24) is 0 Å². The van der Waals surface area contributed by atoms with Gasteiger partial charge in [0.05, 0.1) is 0 Å². The van der Waals surface area contributed by atoms with Crippen LogP contribution in [-0.4, -0.2) is 11.1 Å². The molecule has 0 aliphatic heterocycles. The van der Waals surface area contributed by atoms with Crippen LogP contribution in [0.3, 0.4) is 0 Å². The molecular weight excluding hydrogens is 200 g/mol. The van der Waals surface area contributed by atoms with Gasteiger partial charge in [-0.3, -0.25) is 0 Å². The summed E-state index contributed by atoms with van der Waals surface area (Å²) in [6, 6.07) is 0. The van der Waals surface area contributed by atoms with Gasteiger partial charge in [-0.25, -0.2) is 4.79 Å². The van der Waals surface area contributed by atoms with E-state index >= 15 is 0 Å². The number of allylic oxidation sites excluding steroid dienone is 3. The molecule has 0 radical (unpaired) electrons. The molecule has 2 nitrogen and oxygen atoms in total. The molecule has 0 aliphatic carbocycles. The van der Waals surface area contributed by atoms with Gasteiger partial charge in [-0.05, 0) is 24.8 Å². The third kappa shape index (κ3) is 9.50. The van der Waals surface area contributed by atoms with Crippen LogP contribution in [0.25, 0.3) is 0 Å². The van der Waals surface area contributed by atoms with Gasteiger partial charge < -0.3 is 5.11 Å². The minimum absolute atomic E-state index is 0.695. The molecule has 0 rings (SSSR count). The molecule has 1 atom stereocenters. The van der Waals surface area contributed by atoms with E-state index in [1.807, 2.05) is 13.0 Å². The van der Waals surface area contributed by atoms with Gasteiger partial charge in [-0.2, -0.15) is 0 Å². The molecule has 16 heavy (non-hydrogen) atoms. The number of hydrogen-bond acceptors (Lipinski definition) is 1. The van der Waals surface area contributed by atoms with E-state index in [0.717, 1.165) is 12.0 Å². The molecule has 0 saturated carbocycles. The minimum atomic E-state index is -0.877. The molecule has 1 N–H and O–H groups in total. The molecule has 0 fully saturated rings. The molecule has 92 valence electrons. The first-order valence-corrected chi connectivity index (χ1v) is 6.14. The second-order valence-corrected chi connectivity index (χ2v) is 4.47. The quantitative estimate of drug-likeness (QED) is 0.381. The maximum atomic E-state index is 10.4. The van der Waals surface area contributed by atoms with Crippen molar-refractivity contribution in [3.05, 3.63) is 23.8 Å². The Balaban J connectivity index is 3.77. The van der Waals surface area contributed by atoms with Gasteiger partial charge in [-0.1, -0.05) is 51.7 Å². The largest absolute Gasteiger partial charge is 0.478 e. The molecule has 0 aromatic heterocycles. The highest BCUT2D eigenvalue weighted by Crippen LogP contribution is 2.13. The summed E-state index contributed by atoms with van der Waals surface area (Å²) in [7, 11) is 0. The van der Waals surface area contributed by atoms with Crippen molar-refractivity contribution >= 4 is 5.97 Å². The van der Waals surface area contributed by atoms with Gasteiger partial charge >= 0.3 is 5.97 Å². The number of rotatable bonds is 8. The Bertz CT molecular complexity index is 251. The number of hydrogen-bond donors (Lipinski definition) is 1. The fraction of sp³-hybridized carbons (Fsp3) is 0.643. The molecule has 0 amide bonds. The summed E-state index contributed by atoms with van der Waals surface area (Å²) in [4.78, 5) is 10.4. The molecule has 0 saturated heterocycles. The van der Waals surface area contributed by atoms with Crippen LogP contribution in [0.1, 0.15) is 52.9 Å². The molecule has 0 heterocycles. The first kappa shape index (κ1) is 14.9. The number of carboxylic acids is 1. The third-order valence-corrected chi connectivity index (χ3v) is 2.57. The lowest BCUT2D eigenvalue weighted by atomic mass is 9.99. The Morgan fingerprint density at radius 3 is 2.62 bits per heavy atom. The standard InChI is InChI=1S/C14H24O2/c1-4-5-6-8-12(2)9-7-10-13(3)11-14(15)16/h7,10-12H,4-6,8-9H2,1-3H3,(H,15,16)/b10-7+,13-11+. The molecule has 0 aromatic carbocycles. The van der Waals surface area contributed by atoms with Crippen LogP contribution in [0.2, 0.25) is 0 Å². The summed E-state index contributed by atoms with van der Waals surface area (Å²) in [5.41, 5.74) is 0.799. The molecule has 1 unspecified atom stereocenters. The number of unbranched alkanes of at least 4 members (excludes halogenated alkanes) is 2. The first-order chi connectivity index (χ1) is 7.56. The van der Waals surface area contributed by atoms with Gasteiger partial charge in [0.15, 0.2) is 0 Å². The summed E-state index contributed by atoms with van der Waals surface area (Å²) in [5, 5.41) is 8.53. The summed E-state index contributed by atoms with van der Waals surface area (Å²) in [6.07, 6.45) is 11.4. The Labute approximate surface area is 99.1 Å². The topological polar surface area (TPSA) is 37.3 Å². The predicted molar refractivity (Wildman–Crippen MR) is 68.5 cm³/mol. The second kappa shape index (κ2) is 9.20. The van der Waals surface area contributed by atoms with E-state index in [2.05, 4.69) is 19.9 Å². The maximum Gasteiger partial charge on any atom is 0.328 e. The van der Waals surface area contributed by atoms with E-state index in [0.29, 0.717) is 5.92 Å². The summed E-state index contributed by atoms with van der Waals surface area (Å²) in [5.74, 6) is -0.182. The smallest absolute Gasteiger partial charge is 0.328 e. The lowest BCUT2D eigenvalue weighted by molar-refractivity contribution is -0.131. The van der Waals surface area contributed by atoms with Crippen LogP contribution in [0.5, 0.6) is 0 Å². The molecule has 2 heteroatoms. The highest BCUT2D eigenvalue weighted by Gasteiger charge is 1.98. The number of aliphatic carboxylic acids is 1. The zero-order valence-corrected chi connectivity index (χ0v) is 10.7. The molecule has 0 aliphatic rings. The van der Waals surface area contributed by atoms with Gasteiger partial charge in [-0.15, -0.1) is 0 Å². The normalized spacial score (nSPS) is 14.3. The first-order valence-electron chi connectivity index (χ1n) is 6.14. The number of carbonyl (C=O) groups is 1. The van der Waals surface area contributed by atoms with Gasteiger partial charge in [0.1, 0.15) is 0 Å². The van der Waals surface area contributed by atoms with Crippen LogP contribution >= 0.6 is 0 Å². The van der Waals surface area contributed by atoms with E-state index in [9.17, 15) is 4.79 Å². The molecular formula is C14H24O2. The van der Waals surface area contributed by atoms with Crippen LogP contribution in [0, 0.1) is 5.92 Å². The monoisotopic (exact) mass is 224 g/mol. The van der Waals surface area contributed by atoms with Gasteiger partial charge in [0.25, 0.3) is 0 Å². The Morgan fingerprint density at radius 2 is 2.06 bits per heavy atom. The van der Waals surface area contributed by atoms with Crippen molar-refractivity contribution in [2.24, 2.45) is 5.92 Å². The Kier molecular flexibility index (Phi) is 8.59. The van der Waals surface area contributed by atoms with Crippen molar-refractivity contribution in [1.29, 1.82) is 0 Å². The van der Waals surface area contributed by atoms with Crippen molar-refractivity contribution in [3.63, 3.8) is 0 Å². The van der Waals surface area contributed by atoms with E-state index in [1.165, 1.54) is 31.8 Å². The summed E-state index contributed by atoms with van der Waals surface area (Å²) < 4.78 is 0. The van der Waals surface area contributed by atoms with E-state index in [1.54, 1.807) is 0 Å². The highest BCUT2D eigenvalue weighted by molar-refractivity contribution is 5.81. The van der Waals surface area contributed by atoms with Crippen LogP contribution in [-0.2, 0) is 4.79 Å². The fourth-order valence-electron chi connectivity index (χ4n) is 1.59. The zero-order chi connectivity index (χ0) is 12.4. The van der Waals surface area contributed by atoms with Crippen LogP contribution in [0.4, 0.5) is 0 Å². The lowest BCUT2D eigenvalue weighted by Gasteiger charge is -2.07. The fourth-order valence-corrected chi connectivity index (χ4v) is 1.59. The Morgan fingerprint density at radius 1 is 1.38 bits per heavy atom. The van der Waals surface area contributed by atoms with E-state index < -0.39 is 5.97 Å². The molecule has 0 bridgehead atoms. The number of carboxylic acid groups (broad SMARTS) is 1. The lowest BCUT2D eigenvalue weighted by Crippen LogP contribution is -1.92. The van der Waals surface area contributed by atoms with Crippen molar-refractivity contribution < 1.29 is 9.90 Å². The van der Waals surface area contributed by atoms with Crippen molar-refractivity contribution in [3.8, 4) is 0 Å². The van der Waals surface area contributed by atoms with Crippen LogP contribution in [0.15, 0.2) is 23.8 Å². The third-order valence-electron chi connectivity index (χ3n) is 2.57. The second-order valence-electron chi connectivity index (χ2n) is 4.47. The SMILES string of the molecule is CCCCCC(C)C/C=C/C(C)=C/C(=O)O. The predicted octanol–water partition coefficient (Wildman–Crippen LogP) is 4.18. The zero-order valence-electron chi connectivity index (χ0n) is 10.7. The molecule has 0 aromatic rings. The van der Waals surface area contributed by atoms with Crippen molar-refractivity contribution in [2.45, 2.75) is 52.9 Å². The Hall–Kier alpha value is -1.05. The van der Waals surface area contributed by atoms with Gasteiger partial charge in [0.2, 0.25) is 0 Å². The summed E-state index contributed by atoms with van der Waals surface area (Å²) in [6.45, 7) is 6.27. The highest BCUT2D eigenvalue weighted by atomic mass is 16.4. The van der Waals surface area contributed by atoms with E-state index in [-0.39, 0.29) is 0 Å². The van der Waals surface area contributed by atoms with E-state index in [4.69, 9.17) is 5.11 Å². The minimum Gasteiger partial charge on any atom is -0.478 e. The van der Waals surface area contributed by atoms with Crippen LogP contribution < -0.4 is 0 Å². The van der Waals surface area contributed by atoms with Crippen molar-refractivity contribution in [2.75, 3.05) is 0 Å². The summed E-state index contributed by atoms with van der Waals surface area (Å²) >= 11 is 0. The average Bonchev–Trinajstić information content (AvgIpc) is 2.17. The average molecular weight is 224 g/mol. The molecule has 0 spiro atoms.